The molecule has 0 spiro atoms. The predicted octanol–water partition coefficient (Wildman–Crippen LogP) is 3.65. The van der Waals surface area contributed by atoms with E-state index >= 15 is 0 Å². The third kappa shape index (κ3) is 5.72. The maximum Gasteiger partial charge on any atom is 0.387 e. The summed E-state index contributed by atoms with van der Waals surface area (Å²) in [5.41, 5.74) is 0.598. The van der Waals surface area contributed by atoms with Crippen molar-refractivity contribution in [2.75, 3.05) is 6.61 Å². The van der Waals surface area contributed by atoms with Gasteiger partial charge >= 0.3 is 12.6 Å². The number of ketones is 1. The molecule has 2 rings (SSSR count). The molecule has 0 aromatic heterocycles. The third-order valence-corrected chi connectivity index (χ3v) is 3.03. The lowest BCUT2D eigenvalue weighted by Gasteiger charge is -2.07. The van der Waals surface area contributed by atoms with Crippen LogP contribution in [0.3, 0.4) is 0 Å². The molecule has 0 aliphatic rings. The zero-order valence-electron chi connectivity index (χ0n) is 12.9. The highest BCUT2D eigenvalue weighted by Gasteiger charge is 2.09. The monoisotopic (exact) mass is 348 g/mol. The topological polar surface area (TPSA) is 72.8 Å². The SMILES string of the molecule is O=C(O)COc1cccc(C(=O)/C=C/c2ccccc2OC(F)F)c1. The second-order valence-electron chi connectivity index (χ2n) is 4.82. The van der Waals surface area contributed by atoms with Crippen LogP contribution in [0.1, 0.15) is 15.9 Å². The van der Waals surface area contributed by atoms with Gasteiger partial charge in [0.15, 0.2) is 12.4 Å². The van der Waals surface area contributed by atoms with Crippen LogP contribution >= 0.6 is 0 Å². The molecule has 0 aliphatic heterocycles. The van der Waals surface area contributed by atoms with Crippen LogP contribution in [0.5, 0.6) is 11.5 Å². The highest BCUT2D eigenvalue weighted by Crippen LogP contribution is 2.22. The van der Waals surface area contributed by atoms with Crippen LogP contribution in [0.2, 0.25) is 0 Å². The molecule has 0 aliphatic carbocycles. The van der Waals surface area contributed by atoms with Crippen molar-refractivity contribution in [3.63, 3.8) is 0 Å². The Balaban J connectivity index is 2.13. The second kappa shape index (κ2) is 8.58. The Hall–Kier alpha value is -3.22. The number of carbonyl (C=O) groups is 2. The maximum atomic E-state index is 12.4. The predicted molar refractivity (Wildman–Crippen MR) is 86.0 cm³/mol. The number of para-hydroxylation sites is 1. The van der Waals surface area contributed by atoms with Gasteiger partial charge in [0.2, 0.25) is 0 Å². The molecule has 25 heavy (non-hydrogen) atoms. The van der Waals surface area contributed by atoms with E-state index < -0.39 is 25.0 Å². The fraction of sp³-hybridized carbons (Fsp3) is 0.111. The summed E-state index contributed by atoms with van der Waals surface area (Å²) in [4.78, 5) is 22.7. The van der Waals surface area contributed by atoms with Crippen molar-refractivity contribution < 1.29 is 33.0 Å². The molecule has 0 amide bonds. The highest BCUT2D eigenvalue weighted by atomic mass is 19.3. The molecule has 130 valence electrons. The lowest BCUT2D eigenvalue weighted by atomic mass is 10.1. The molecular formula is C18H14F2O5. The number of hydrogen-bond acceptors (Lipinski definition) is 4. The smallest absolute Gasteiger partial charge is 0.387 e. The minimum absolute atomic E-state index is 0.0416. The van der Waals surface area contributed by atoms with E-state index in [9.17, 15) is 18.4 Å². The third-order valence-electron chi connectivity index (χ3n) is 3.03. The second-order valence-corrected chi connectivity index (χ2v) is 4.82. The van der Waals surface area contributed by atoms with Crippen LogP contribution in [-0.4, -0.2) is 30.1 Å². The number of aliphatic carboxylic acids is 1. The van der Waals surface area contributed by atoms with E-state index in [1.54, 1.807) is 18.2 Å². The van der Waals surface area contributed by atoms with Gasteiger partial charge in [0.1, 0.15) is 11.5 Å². The Morgan fingerprint density at radius 2 is 1.88 bits per heavy atom. The van der Waals surface area contributed by atoms with Gasteiger partial charge in [-0.15, -0.1) is 0 Å². The Kier molecular flexibility index (Phi) is 6.22. The lowest BCUT2D eigenvalue weighted by Crippen LogP contribution is -2.09. The summed E-state index contributed by atoms with van der Waals surface area (Å²) in [7, 11) is 0. The first-order valence-corrected chi connectivity index (χ1v) is 7.16. The normalized spacial score (nSPS) is 10.8. The average Bonchev–Trinajstić information content (AvgIpc) is 2.58. The van der Waals surface area contributed by atoms with Gasteiger partial charge in [-0.05, 0) is 30.4 Å². The first kappa shape index (κ1) is 18.1. The number of carbonyl (C=O) groups excluding carboxylic acids is 1. The summed E-state index contributed by atoms with van der Waals surface area (Å²) in [6.07, 6.45) is 2.58. The fourth-order valence-electron chi connectivity index (χ4n) is 1.97. The largest absolute Gasteiger partial charge is 0.482 e. The van der Waals surface area contributed by atoms with Crippen LogP contribution in [0.15, 0.2) is 54.6 Å². The Bertz CT molecular complexity index is 787. The zero-order chi connectivity index (χ0) is 18.2. The van der Waals surface area contributed by atoms with Crippen molar-refractivity contribution >= 4 is 17.8 Å². The van der Waals surface area contributed by atoms with Crippen molar-refractivity contribution in [1.29, 1.82) is 0 Å². The van der Waals surface area contributed by atoms with E-state index in [2.05, 4.69) is 4.74 Å². The van der Waals surface area contributed by atoms with Crippen LogP contribution in [0, 0.1) is 0 Å². The summed E-state index contributed by atoms with van der Waals surface area (Å²) in [6, 6.07) is 12.1. The van der Waals surface area contributed by atoms with Crippen LogP contribution < -0.4 is 9.47 Å². The molecular weight excluding hydrogens is 334 g/mol. The number of ether oxygens (including phenoxy) is 2. The number of carboxylic acid groups (broad SMARTS) is 1. The van der Waals surface area contributed by atoms with Crippen LogP contribution in [0.25, 0.3) is 6.08 Å². The molecule has 0 bridgehead atoms. The van der Waals surface area contributed by atoms with E-state index in [-0.39, 0.29) is 17.1 Å². The summed E-state index contributed by atoms with van der Waals surface area (Å²) in [5.74, 6) is -1.33. The standard InChI is InChI=1S/C18H14F2O5/c19-18(20)25-16-7-2-1-4-12(16)8-9-15(21)13-5-3-6-14(10-13)24-11-17(22)23/h1-10,18H,11H2,(H,22,23)/b9-8+. The first-order valence-electron chi connectivity index (χ1n) is 7.16. The van der Waals surface area contributed by atoms with Crippen LogP contribution in [-0.2, 0) is 4.79 Å². The van der Waals surface area contributed by atoms with E-state index in [0.29, 0.717) is 5.56 Å². The first-order chi connectivity index (χ1) is 12.0. The van der Waals surface area contributed by atoms with Gasteiger partial charge in [0.05, 0.1) is 0 Å². The summed E-state index contributed by atoms with van der Waals surface area (Å²) < 4.78 is 34.1. The Labute approximate surface area is 142 Å². The van der Waals surface area contributed by atoms with Gasteiger partial charge in [0, 0.05) is 11.1 Å². The number of allylic oxidation sites excluding steroid dienone is 1. The molecule has 0 fully saturated rings. The summed E-state index contributed by atoms with van der Waals surface area (Å²) in [6.45, 7) is -3.49. The number of carboxylic acids is 1. The summed E-state index contributed by atoms with van der Waals surface area (Å²) in [5, 5.41) is 8.58. The average molecular weight is 348 g/mol. The molecule has 0 saturated carbocycles. The number of benzene rings is 2. The molecule has 0 atom stereocenters. The molecule has 7 heteroatoms. The van der Waals surface area contributed by atoms with Crippen LogP contribution in [0.4, 0.5) is 8.78 Å². The molecule has 2 aromatic rings. The van der Waals surface area contributed by atoms with Gasteiger partial charge < -0.3 is 14.6 Å². The van der Waals surface area contributed by atoms with Crippen molar-refractivity contribution in [1.82, 2.24) is 0 Å². The minimum atomic E-state index is -2.96. The number of hydrogen-bond donors (Lipinski definition) is 1. The van der Waals surface area contributed by atoms with Crippen molar-refractivity contribution in [2.45, 2.75) is 6.61 Å². The van der Waals surface area contributed by atoms with Crippen molar-refractivity contribution in [3.05, 3.63) is 65.7 Å². The highest BCUT2D eigenvalue weighted by molar-refractivity contribution is 6.07. The summed E-state index contributed by atoms with van der Waals surface area (Å²) >= 11 is 0. The maximum absolute atomic E-state index is 12.4. The van der Waals surface area contributed by atoms with Gasteiger partial charge in [-0.2, -0.15) is 8.78 Å². The molecule has 0 unspecified atom stereocenters. The van der Waals surface area contributed by atoms with Crippen molar-refractivity contribution in [3.8, 4) is 11.5 Å². The lowest BCUT2D eigenvalue weighted by molar-refractivity contribution is -0.139. The molecule has 0 saturated heterocycles. The van der Waals surface area contributed by atoms with Gasteiger partial charge in [-0.3, -0.25) is 4.79 Å². The molecule has 5 nitrogen and oxygen atoms in total. The minimum Gasteiger partial charge on any atom is -0.482 e. The molecule has 0 radical (unpaired) electrons. The Morgan fingerprint density at radius 3 is 2.60 bits per heavy atom. The van der Waals surface area contributed by atoms with Gasteiger partial charge in [-0.1, -0.05) is 30.3 Å². The van der Waals surface area contributed by atoms with Gasteiger partial charge in [-0.25, -0.2) is 4.79 Å². The van der Waals surface area contributed by atoms with E-state index in [4.69, 9.17) is 9.84 Å². The van der Waals surface area contributed by atoms with E-state index in [0.717, 1.165) is 0 Å². The molecule has 0 heterocycles. The number of halogens is 2. The van der Waals surface area contributed by atoms with Gasteiger partial charge in [0.25, 0.3) is 0 Å². The van der Waals surface area contributed by atoms with E-state index in [1.807, 2.05) is 0 Å². The number of rotatable bonds is 8. The fourth-order valence-corrected chi connectivity index (χ4v) is 1.97. The quantitative estimate of drug-likeness (QED) is 0.582. The van der Waals surface area contributed by atoms with Crippen molar-refractivity contribution in [2.24, 2.45) is 0 Å². The number of alkyl halides is 2. The van der Waals surface area contributed by atoms with E-state index in [1.165, 1.54) is 42.5 Å². The Morgan fingerprint density at radius 1 is 1.12 bits per heavy atom. The zero-order valence-corrected chi connectivity index (χ0v) is 12.9. The molecule has 1 N–H and O–H groups in total. The molecule has 2 aromatic carbocycles.